The van der Waals surface area contributed by atoms with Gasteiger partial charge in [-0.1, -0.05) is 25.3 Å². The molecule has 0 aromatic heterocycles. The van der Waals surface area contributed by atoms with Crippen LogP contribution >= 0.6 is 11.8 Å². The van der Waals surface area contributed by atoms with E-state index in [1.165, 1.54) is 43.2 Å². The molecule has 0 bridgehead atoms. The highest BCUT2D eigenvalue weighted by Crippen LogP contribution is 2.42. The first kappa shape index (κ1) is 13.3. The molecule has 1 fully saturated rings. The smallest absolute Gasteiger partial charge is 0.119 e. The van der Waals surface area contributed by atoms with Crippen LogP contribution in [-0.4, -0.2) is 17.6 Å². The van der Waals surface area contributed by atoms with E-state index < -0.39 is 0 Å². The highest BCUT2D eigenvalue weighted by molar-refractivity contribution is 8.00. The van der Waals surface area contributed by atoms with Gasteiger partial charge < -0.3 is 10.5 Å². The predicted molar refractivity (Wildman–Crippen MR) is 81.9 cm³/mol. The van der Waals surface area contributed by atoms with Gasteiger partial charge in [-0.2, -0.15) is 11.8 Å². The summed E-state index contributed by atoms with van der Waals surface area (Å²) in [4.78, 5) is 0. The zero-order chi connectivity index (χ0) is 13.2. The molecule has 2 unspecified atom stereocenters. The van der Waals surface area contributed by atoms with E-state index in [1.807, 2.05) is 0 Å². The van der Waals surface area contributed by atoms with E-state index in [-0.39, 0.29) is 6.04 Å². The van der Waals surface area contributed by atoms with Crippen LogP contribution < -0.4 is 10.5 Å². The van der Waals surface area contributed by atoms with E-state index in [2.05, 4.69) is 30.0 Å². The fourth-order valence-corrected chi connectivity index (χ4v) is 5.01. The largest absolute Gasteiger partial charge is 0.497 e. The Kier molecular flexibility index (Phi) is 4.04. The van der Waals surface area contributed by atoms with Crippen LogP contribution in [0.15, 0.2) is 18.2 Å². The highest BCUT2D eigenvalue weighted by atomic mass is 32.2. The van der Waals surface area contributed by atoms with Crippen molar-refractivity contribution in [1.29, 1.82) is 0 Å². The van der Waals surface area contributed by atoms with E-state index in [0.29, 0.717) is 5.25 Å². The molecule has 2 aliphatic rings. The maximum Gasteiger partial charge on any atom is 0.119 e. The van der Waals surface area contributed by atoms with Gasteiger partial charge in [-0.3, -0.25) is 0 Å². The standard InChI is InChI=1S/C16H23NOS/c1-18-12-8-7-11-9-15(16(17)14(11)10-12)19-13-5-3-2-4-6-13/h7-8,10,13,15-16H,2-6,9,17H2,1H3. The Labute approximate surface area is 120 Å². The number of ether oxygens (including phenoxy) is 1. The summed E-state index contributed by atoms with van der Waals surface area (Å²) >= 11 is 2.14. The summed E-state index contributed by atoms with van der Waals surface area (Å²) in [6.45, 7) is 0. The number of methoxy groups -OCH3 is 1. The van der Waals surface area contributed by atoms with Crippen LogP contribution in [0.2, 0.25) is 0 Å². The fraction of sp³-hybridized carbons (Fsp3) is 0.625. The molecular weight excluding hydrogens is 254 g/mol. The first-order chi connectivity index (χ1) is 9.28. The second-order valence-electron chi connectivity index (χ2n) is 5.73. The summed E-state index contributed by atoms with van der Waals surface area (Å²) in [5.74, 6) is 0.928. The van der Waals surface area contributed by atoms with E-state index in [0.717, 1.165) is 17.4 Å². The lowest BCUT2D eigenvalue weighted by Crippen LogP contribution is -2.23. The van der Waals surface area contributed by atoms with Crippen molar-refractivity contribution >= 4 is 11.8 Å². The number of hydrogen-bond acceptors (Lipinski definition) is 3. The Bertz CT molecular complexity index is 442. The Hall–Kier alpha value is -0.670. The van der Waals surface area contributed by atoms with Gasteiger partial charge in [0.2, 0.25) is 0 Å². The van der Waals surface area contributed by atoms with Crippen molar-refractivity contribution in [3.05, 3.63) is 29.3 Å². The van der Waals surface area contributed by atoms with Crippen molar-refractivity contribution in [2.45, 2.75) is 55.1 Å². The Morgan fingerprint density at radius 1 is 1.21 bits per heavy atom. The maximum atomic E-state index is 6.45. The molecule has 2 aliphatic carbocycles. The van der Waals surface area contributed by atoms with Gasteiger partial charge in [0.15, 0.2) is 0 Å². The molecule has 2 N–H and O–H groups in total. The van der Waals surface area contributed by atoms with Gasteiger partial charge >= 0.3 is 0 Å². The van der Waals surface area contributed by atoms with Crippen LogP contribution in [0.4, 0.5) is 0 Å². The Balaban J connectivity index is 1.69. The van der Waals surface area contributed by atoms with Gasteiger partial charge in [-0.25, -0.2) is 0 Å². The summed E-state index contributed by atoms with van der Waals surface area (Å²) in [6, 6.07) is 6.55. The zero-order valence-electron chi connectivity index (χ0n) is 11.6. The van der Waals surface area contributed by atoms with Crippen LogP contribution in [0.3, 0.4) is 0 Å². The number of hydrogen-bond donors (Lipinski definition) is 1. The van der Waals surface area contributed by atoms with Crippen LogP contribution in [0, 0.1) is 0 Å². The van der Waals surface area contributed by atoms with Crippen LogP contribution in [-0.2, 0) is 6.42 Å². The van der Waals surface area contributed by atoms with Gasteiger partial charge in [0.1, 0.15) is 5.75 Å². The third kappa shape index (κ3) is 2.77. The van der Waals surface area contributed by atoms with Crippen LogP contribution in [0.5, 0.6) is 5.75 Å². The molecule has 1 aromatic carbocycles. The molecule has 0 saturated heterocycles. The lowest BCUT2D eigenvalue weighted by Gasteiger charge is -2.26. The van der Waals surface area contributed by atoms with E-state index >= 15 is 0 Å². The third-order valence-corrected chi connectivity index (χ3v) is 6.12. The zero-order valence-corrected chi connectivity index (χ0v) is 12.4. The lowest BCUT2D eigenvalue weighted by molar-refractivity contribution is 0.414. The molecule has 2 nitrogen and oxygen atoms in total. The highest BCUT2D eigenvalue weighted by Gasteiger charge is 2.32. The van der Waals surface area contributed by atoms with Gasteiger partial charge in [-0.05, 0) is 42.5 Å². The van der Waals surface area contributed by atoms with Crippen molar-refractivity contribution in [3.63, 3.8) is 0 Å². The molecule has 1 aromatic rings. The molecule has 0 aliphatic heterocycles. The third-order valence-electron chi connectivity index (χ3n) is 4.45. The predicted octanol–water partition coefficient (Wildman–Crippen LogP) is 3.69. The number of rotatable bonds is 3. The van der Waals surface area contributed by atoms with Gasteiger partial charge in [0.25, 0.3) is 0 Å². The quantitative estimate of drug-likeness (QED) is 0.915. The molecular formula is C16H23NOS. The summed E-state index contributed by atoms with van der Waals surface area (Å²) in [5.41, 5.74) is 9.17. The Morgan fingerprint density at radius 2 is 2.00 bits per heavy atom. The topological polar surface area (TPSA) is 35.2 Å². The monoisotopic (exact) mass is 277 g/mol. The number of fused-ring (bicyclic) bond motifs is 1. The van der Waals surface area contributed by atoms with E-state index in [9.17, 15) is 0 Å². The normalized spacial score (nSPS) is 27.3. The van der Waals surface area contributed by atoms with Crippen molar-refractivity contribution in [2.24, 2.45) is 5.73 Å². The van der Waals surface area contributed by atoms with Crippen molar-refractivity contribution in [2.75, 3.05) is 7.11 Å². The first-order valence-electron chi connectivity index (χ1n) is 7.36. The molecule has 2 atom stereocenters. The SMILES string of the molecule is COc1ccc2c(c1)C(N)C(SC1CCCCC1)C2. The minimum atomic E-state index is 0.178. The molecule has 0 radical (unpaired) electrons. The average molecular weight is 277 g/mol. The summed E-state index contributed by atoms with van der Waals surface area (Å²) in [5, 5.41) is 1.39. The van der Waals surface area contributed by atoms with Crippen LogP contribution in [0.1, 0.15) is 49.3 Å². The maximum absolute atomic E-state index is 6.45. The molecule has 3 rings (SSSR count). The van der Waals surface area contributed by atoms with Gasteiger partial charge in [-0.15, -0.1) is 0 Å². The molecule has 19 heavy (non-hydrogen) atoms. The van der Waals surface area contributed by atoms with Gasteiger partial charge in [0.05, 0.1) is 7.11 Å². The number of benzene rings is 1. The minimum absolute atomic E-state index is 0.178. The average Bonchev–Trinajstić information content (AvgIpc) is 2.76. The molecule has 0 amide bonds. The fourth-order valence-electron chi connectivity index (χ4n) is 3.32. The van der Waals surface area contributed by atoms with Gasteiger partial charge in [0, 0.05) is 16.5 Å². The first-order valence-corrected chi connectivity index (χ1v) is 8.30. The number of nitrogens with two attached hydrogens (primary N) is 1. The molecule has 3 heteroatoms. The summed E-state index contributed by atoms with van der Waals surface area (Å²) in [7, 11) is 1.72. The van der Waals surface area contributed by atoms with E-state index in [1.54, 1.807) is 7.11 Å². The van der Waals surface area contributed by atoms with Crippen LogP contribution in [0.25, 0.3) is 0 Å². The minimum Gasteiger partial charge on any atom is -0.497 e. The summed E-state index contributed by atoms with van der Waals surface area (Å²) in [6.07, 6.45) is 8.12. The number of thioether (sulfide) groups is 1. The van der Waals surface area contributed by atoms with Crippen molar-refractivity contribution in [3.8, 4) is 5.75 Å². The Morgan fingerprint density at radius 3 is 2.74 bits per heavy atom. The second-order valence-corrected chi connectivity index (χ2v) is 7.27. The molecule has 104 valence electrons. The summed E-state index contributed by atoms with van der Waals surface area (Å²) < 4.78 is 5.31. The van der Waals surface area contributed by atoms with Crippen molar-refractivity contribution < 1.29 is 4.74 Å². The van der Waals surface area contributed by atoms with E-state index in [4.69, 9.17) is 10.5 Å². The molecule has 0 heterocycles. The lowest BCUT2D eigenvalue weighted by atomic mass is 10.0. The second kappa shape index (κ2) is 5.76. The molecule has 1 saturated carbocycles. The van der Waals surface area contributed by atoms with Crippen molar-refractivity contribution in [1.82, 2.24) is 0 Å². The molecule has 0 spiro atoms.